The number of nitrogens with one attached hydrogen (secondary N) is 1. The van der Waals surface area contributed by atoms with Crippen LogP contribution in [0.1, 0.15) is 32.1 Å². The number of hydrogen-bond donors (Lipinski definition) is 1. The maximum Gasteiger partial charge on any atom is 0.227 e. The minimum atomic E-state index is -0.00773. The third-order valence-electron chi connectivity index (χ3n) is 4.53. The summed E-state index contributed by atoms with van der Waals surface area (Å²) in [4.78, 5) is 24.4. The normalized spacial score (nSPS) is 29.1. The SMILES string of the molecule is O=C(Nc1ccc(Br)cc1)C1CC2CCCC(C1)C2=O. The smallest absolute Gasteiger partial charge is 0.227 e. The molecule has 20 heavy (non-hydrogen) atoms. The molecule has 0 spiro atoms. The second-order valence-electron chi connectivity index (χ2n) is 5.89. The van der Waals surface area contributed by atoms with E-state index < -0.39 is 0 Å². The number of carbonyl (C=O) groups is 2. The lowest BCUT2D eigenvalue weighted by Gasteiger charge is -2.36. The number of halogens is 1. The van der Waals surface area contributed by atoms with Gasteiger partial charge in [-0.1, -0.05) is 22.4 Å². The zero-order valence-electron chi connectivity index (χ0n) is 11.3. The van der Waals surface area contributed by atoms with Gasteiger partial charge in [0.25, 0.3) is 0 Å². The van der Waals surface area contributed by atoms with E-state index in [2.05, 4.69) is 21.2 Å². The van der Waals surface area contributed by atoms with E-state index in [1.807, 2.05) is 24.3 Å². The predicted molar refractivity (Wildman–Crippen MR) is 81.3 cm³/mol. The number of benzene rings is 1. The zero-order chi connectivity index (χ0) is 14.1. The molecule has 2 unspecified atom stereocenters. The maximum atomic E-state index is 12.4. The van der Waals surface area contributed by atoms with E-state index in [9.17, 15) is 9.59 Å². The van der Waals surface area contributed by atoms with Gasteiger partial charge in [0, 0.05) is 27.9 Å². The summed E-state index contributed by atoms with van der Waals surface area (Å²) in [5, 5.41) is 2.97. The molecule has 2 saturated carbocycles. The Balaban J connectivity index is 1.66. The van der Waals surface area contributed by atoms with Crippen molar-refractivity contribution in [3.63, 3.8) is 0 Å². The molecule has 3 rings (SSSR count). The fraction of sp³-hybridized carbons (Fsp3) is 0.500. The molecule has 106 valence electrons. The first kappa shape index (κ1) is 13.8. The third kappa shape index (κ3) is 2.80. The number of Topliss-reactive ketones (excluding diaryl/α,β-unsaturated/α-hetero) is 1. The van der Waals surface area contributed by atoms with Gasteiger partial charge < -0.3 is 5.32 Å². The van der Waals surface area contributed by atoms with Crippen LogP contribution in [0.2, 0.25) is 0 Å². The summed E-state index contributed by atoms with van der Waals surface area (Å²) in [5.41, 5.74) is 0.820. The standard InChI is InChI=1S/C16H18BrNO2/c17-13-4-6-14(7-5-13)18-16(20)12-8-10-2-1-3-11(9-12)15(10)19/h4-7,10-12H,1-3,8-9H2,(H,18,20). The molecule has 2 fully saturated rings. The Morgan fingerprint density at radius 2 is 1.70 bits per heavy atom. The van der Waals surface area contributed by atoms with Crippen LogP contribution in [0.4, 0.5) is 5.69 Å². The van der Waals surface area contributed by atoms with Gasteiger partial charge in [0.1, 0.15) is 5.78 Å². The minimum absolute atomic E-state index is 0.00773. The lowest BCUT2D eigenvalue weighted by molar-refractivity contribution is -0.136. The highest BCUT2D eigenvalue weighted by Crippen LogP contribution is 2.40. The Bertz CT molecular complexity index is 510. The molecule has 2 atom stereocenters. The van der Waals surface area contributed by atoms with E-state index >= 15 is 0 Å². The molecule has 1 aromatic rings. The lowest BCUT2D eigenvalue weighted by atomic mass is 9.67. The number of rotatable bonds is 2. The van der Waals surface area contributed by atoms with Crippen molar-refractivity contribution in [1.29, 1.82) is 0 Å². The number of hydrogen-bond acceptors (Lipinski definition) is 2. The Kier molecular flexibility index (Phi) is 3.92. The first-order valence-corrected chi connectivity index (χ1v) is 8.03. The largest absolute Gasteiger partial charge is 0.326 e. The highest BCUT2D eigenvalue weighted by atomic mass is 79.9. The first-order chi connectivity index (χ1) is 9.63. The molecular formula is C16H18BrNO2. The van der Waals surface area contributed by atoms with Crippen molar-refractivity contribution < 1.29 is 9.59 Å². The zero-order valence-corrected chi connectivity index (χ0v) is 12.9. The van der Waals surface area contributed by atoms with Crippen molar-refractivity contribution in [3.05, 3.63) is 28.7 Å². The van der Waals surface area contributed by atoms with Crippen molar-refractivity contribution in [1.82, 2.24) is 0 Å². The van der Waals surface area contributed by atoms with Gasteiger partial charge in [-0.15, -0.1) is 0 Å². The summed E-state index contributed by atoms with van der Waals surface area (Å²) in [6.45, 7) is 0. The Labute approximate surface area is 127 Å². The van der Waals surface area contributed by atoms with Crippen LogP contribution >= 0.6 is 15.9 Å². The highest BCUT2D eigenvalue weighted by Gasteiger charge is 2.41. The monoisotopic (exact) mass is 335 g/mol. The third-order valence-corrected chi connectivity index (χ3v) is 5.06. The molecule has 1 amide bonds. The number of anilines is 1. The Morgan fingerprint density at radius 1 is 1.10 bits per heavy atom. The molecule has 0 aromatic heterocycles. The number of ketones is 1. The van der Waals surface area contributed by atoms with E-state index in [-0.39, 0.29) is 23.7 Å². The predicted octanol–water partition coefficient (Wildman–Crippen LogP) is 3.78. The van der Waals surface area contributed by atoms with E-state index in [4.69, 9.17) is 0 Å². The minimum Gasteiger partial charge on any atom is -0.326 e. The van der Waals surface area contributed by atoms with Gasteiger partial charge in [-0.3, -0.25) is 9.59 Å². The maximum absolute atomic E-state index is 12.4. The number of fused-ring (bicyclic) bond motifs is 2. The molecule has 0 radical (unpaired) electrons. The van der Waals surface area contributed by atoms with Crippen LogP contribution in [-0.2, 0) is 9.59 Å². The molecule has 2 bridgehead atoms. The summed E-state index contributed by atoms with van der Waals surface area (Å²) in [6, 6.07) is 7.59. The van der Waals surface area contributed by atoms with Crippen molar-refractivity contribution >= 4 is 33.3 Å². The molecular weight excluding hydrogens is 318 g/mol. The van der Waals surface area contributed by atoms with Crippen LogP contribution in [0, 0.1) is 17.8 Å². The fourth-order valence-electron chi connectivity index (χ4n) is 3.47. The van der Waals surface area contributed by atoms with E-state index in [1.165, 1.54) is 0 Å². The lowest BCUT2D eigenvalue weighted by Crippen LogP contribution is -2.40. The Morgan fingerprint density at radius 3 is 2.30 bits per heavy atom. The van der Waals surface area contributed by atoms with E-state index in [0.717, 1.165) is 42.3 Å². The van der Waals surface area contributed by atoms with E-state index in [0.29, 0.717) is 5.78 Å². The van der Waals surface area contributed by atoms with Crippen LogP contribution < -0.4 is 5.32 Å². The second kappa shape index (κ2) is 5.68. The summed E-state index contributed by atoms with van der Waals surface area (Å²) >= 11 is 3.38. The van der Waals surface area contributed by atoms with Gasteiger partial charge >= 0.3 is 0 Å². The second-order valence-corrected chi connectivity index (χ2v) is 6.81. The van der Waals surface area contributed by atoms with Crippen LogP contribution in [-0.4, -0.2) is 11.7 Å². The van der Waals surface area contributed by atoms with Gasteiger partial charge in [-0.25, -0.2) is 0 Å². The number of amides is 1. The summed E-state index contributed by atoms with van der Waals surface area (Å²) in [7, 11) is 0. The van der Waals surface area contributed by atoms with Gasteiger partial charge in [0.2, 0.25) is 5.91 Å². The van der Waals surface area contributed by atoms with Gasteiger partial charge in [-0.05, 0) is 49.9 Å². The summed E-state index contributed by atoms with van der Waals surface area (Å²) in [5.74, 6) is 0.721. The topological polar surface area (TPSA) is 46.2 Å². The van der Waals surface area contributed by atoms with Crippen LogP contribution in [0.15, 0.2) is 28.7 Å². The molecule has 4 heteroatoms. The molecule has 1 aromatic carbocycles. The van der Waals surface area contributed by atoms with Crippen molar-refractivity contribution in [2.75, 3.05) is 5.32 Å². The average molecular weight is 336 g/mol. The van der Waals surface area contributed by atoms with E-state index in [1.54, 1.807) is 0 Å². The molecule has 0 saturated heterocycles. The Hall–Kier alpha value is -1.16. The van der Waals surface area contributed by atoms with Gasteiger partial charge in [0.05, 0.1) is 0 Å². The molecule has 2 aliphatic rings. The fourth-order valence-corrected chi connectivity index (χ4v) is 3.74. The average Bonchev–Trinajstić information content (AvgIpc) is 2.41. The molecule has 0 heterocycles. The van der Waals surface area contributed by atoms with Gasteiger partial charge in [0.15, 0.2) is 0 Å². The highest BCUT2D eigenvalue weighted by molar-refractivity contribution is 9.10. The molecule has 1 N–H and O–H groups in total. The van der Waals surface area contributed by atoms with Gasteiger partial charge in [-0.2, -0.15) is 0 Å². The molecule has 2 aliphatic carbocycles. The summed E-state index contributed by atoms with van der Waals surface area (Å²) in [6.07, 6.45) is 4.55. The number of carbonyl (C=O) groups excluding carboxylic acids is 2. The quantitative estimate of drug-likeness (QED) is 0.893. The molecule has 3 nitrogen and oxygen atoms in total. The van der Waals surface area contributed by atoms with Crippen LogP contribution in [0.3, 0.4) is 0 Å². The van der Waals surface area contributed by atoms with Crippen LogP contribution in [0.25, 0.3) is 0 Å². The van der Waals surface area contributed by atoms with Crippen molar-refractivity contribution in [3.8, 4) is 0 Å². The molecule has 0 aliphatic heterocycles. The first-order valence-electron chi connectivity index (χ1n) is 7.23. The summed E-state index contributed by atoms with van der Waals surface area (Å²) < 4.78 is 0.994. The van der Waals surface area contributed by atoms with Crippen molar-refractivity contribution in [2.24, 2.45) is 17.8 Å². The van der Waals surface area contributed by atoms with Crippen LogP contribution in [0.5, 0.6) is 0 Å². The van der Waals surface area contributed by atoms with Crippen molar-refractivity contribution in [2.45, 2.75) is 32.1 Å².